The first-order valence-corrected chi connectivity index (χ1v) is 5.95. The first kappa shape index (κ1) is 9.08. The zero-order valence-electron chi connectivity index (χ0n) is 8.19. The molecule has 0 spiro atoms. The van der Waals surface area contributed by atoms with Gasteiger partial charge in [-0.25, -0.2) is 4.98 Å². The zero-order valence-corrected chi connectivity index (χ0v) is 9.01. The third-order valence-corrected chi connectivity index (χ3v) is 3.35. The number of hydrogen-bond acceptors (Lipinski definition) is 5. The minimum Gasteiger partial charge on any atom is -0.355 e. The van der Waals surface area contributed by atoms with Crippen LogP contribution in [-0.4, -0.2) is 27.9 Å². The van der Waals surface area contributed by atoms with Crippen LogP contribution in [0, 0.1) is 0 Å². The Labute approximate surface area is 91.5 Å². The second-order valence-electron chi connectivity index (χ2n) is 4.08. The van der Waals surface area contributed by atoms with Gasteiger partial charge in [0.05, 0.1) is 6.04 Å². The Morgan fingerprint density at radius 1 is 1.47 bits per heavy atom. The highest BCUT2D eigenvalue weighted by molar-refractivity contribution is 7.09. The molecule has 2 aliphatic rings. The number of amides is 1. The van der Waals surface area contributed by atoms with Gasteiger partial charge in [-0.1, -0.05) is 0 Å². The molecule has 1 aromatic heterocycles. The van der Waals surface area contributed by atoms with Crippen LogP contribution in [0.15, 0.2) is 0 Å². The molecule has 2 heterocycles. The molecule has 1 amide bonds. The number of carbonyl (C=O) groups is 1. The van der Waals surface area contributed by atoms with E-state index in [0.717, 1.165) is 11.0 Å². The summed E-state index contributed by atoms with van der Waals surface area (Å²) < 4.78 is 4.30. The van der Waals surface area contributed by atoms with Gasteiger partial charge in [-0.15, -0.1) is 0 Å². The summed E-state index contributed by atoms with van der Waals surface area (Å²) in [4.78, 5) is 15.4. The topological polar surface area (TPSA) is 66.9 Å². The molecule has 3 rings (SSSR count). The van der Waals surface area contributed by atoms with E-state index < -0.39 is 0 Å². The van der Waals surface area contributed by atoms with Gasteiger partial charge in [0.15, 0.2) is 0 Å². The summed E-state index contributed by atoms with van der Waals surface area (Å²) in [6.45, 7) is 0.692. The number of carbonyl (C=O) groups excluding carboxylic acids is 1. The van der Waals surface area contributed by atoms with Crippen molar-refractivity contribution in [2.45, 2.75) is 31.2 Å². The Morgan fingerprint density at radius 3 is 3.00 bits per heavy atom. The summed E-state index contributed by atoms with van der Waals surface area (Å²) in [6.07, 6.45) is 2.98. The molecule has 80 valence electrons. The molecule has 6 heteroatoms. The molecule has 15 heavy (non-hydrogen) atoms. The summed E-state index contributed by atoms with van der Waals surface area (Å²) >= 11 is 1.39. The van der Waals surface area contributed by atoms with E-state index in [4.69, 9.17) is 0 Å². The Kier molecular flexibility index (Phi) is 2.09. The molecule has 0 aromatic carbocycles. The van der Waals surface area contributed by atoms with Crippen LogP contribution in [-0.2, 0) is 4.79 Å². The van der Waals surface area contributed by atoms with Crippen molar-refractivity contribution in [3.05, 3.63) is 5.82 Å². The van der Waals surface area contributed by atoms with Crippen LogP contribution in [0.1, 0.15) is 31.0 Å². The summed E-state index contributed by atoms with van der Waals surface area (Å²) in [6, 6.07) is 0.178. The lowest BCUT2D eigenvalue weighted by Gasteiger charge is -2.06. The summed E-state index contributed by atoms with van der Waals surface area (Å²) in [5.41, 5.74) is 0. The standard InChI is InChI=1S/C9H12N4OS/c14-7-3-6(4-10-7)11-9-12-8(13-15-9)5-1-2-5/h5-6H,1-4H2,(H,10,14)(H,11,12,13). The van der Waals surface area contributed by atoms with E-state index in [1.165, 1.54) is 24.4 Å². The maximum atomic E-state index is 11.0. The number of aromatic nitrogens is 2. The molecule has 1 saturated carbocycles. The maximum Gasteiger partial charge on any atom is 0.222 e. The normalized spacial score (nSPS) is 25.3. The lowest BCUT2D eigenvalue weighted by Crippen LogP contribution is -2.22. The average Bonchev–Trinajstić information content (AvgIpc) is 2.84. The quantitative estimate of drug-likeness (QED) is 0.793. The van der Waals surface area contributed by atoms with Crippen LogP contribution in [0.25, 0.3) is 0 Å². The van der Waals surface area contributed by atoms with E-state index in [-0.39, 0.29) is 11.9 Å². The Hall–Kier alpha value is -1.17. The van der Waals surface area contributed by atoms with Gasteiger partial charge < -0.3 is 10.6 Å². The second-order valence-corrected chi connectivity index (χ2v) is 4.83. The molecule has 1 unspecified atom stereocenters. The van der Waals surface area contributed by atoms with Crippen LogP contribution < -0.4 is 10.6 Å². The molecule has 2 N–H and O–H groups in total. The van der Waals surface area contributed by atoms with Gasteiger partial charge in [-0.2, -0.15) is 4.37 Å². The molecule has 5 nitrogen and oxygen atoms in total. The number of anilines is 1. The van der Waals surface area contributed by atoms with Gasteiger partial charge in [-0.3, -0.25) is 4.79 Å². The van der Waals surface area contributed by atoms with E-state index in [2.05, 4.69) is 20.0 Å². The molecule has 1 aliphatic carbocycles. The fraction of sp³-hybridized carbons (Fsp3) is 0.667. The summed E-state index contributed by atoms with van der Waals surface area (Å²) in [7, 11) is 0. The monoisotopic (exact) mass is 224 g/mol. The van der Waals surface area contributed by atoms with E-state index in [9.17, 15) is 4.79 Å². The minimum atomic E-state index is 0.111. The largest absolute Gasteiger partial charge is 0.355 e. The van der Waals surface area contributed by atoms with Crippen LogP contribution in [0.3, 0.4) is 0 Å². The number of nitrogens with zero attached hydrogens (tertiary/aromatic N) is 2. The van der Waals surface area contributed by atoms with Gasteiger partial charge in [0, 0.05) is 30.4 Å². The first-order chi connectivity index (χ1) is 7.31. The molecule has 1 aromatic rings. The van der Waals surface area contributed by atoms with Crippen molar-refractivity contribution in [2.24, 2.45) is 0 Å². The number of hydrogen-bond donors (Lipinski definition) is 2. The van der Waals surface area contributed by atoms with E-state index in [1.54, 1.807) is 0 Å². The van der Waals surface area contributed by atoms with E-state index in [0.29, 0.717) is 18.9 Å². The summed E-state index contributed by atoms with van der Waals surface area (Å²) in [5.74, 6) is 1.68. The van der Waals surface area contributed by atoms with Crippen LogP contribution in [0.2, 0.25) is 0 Å². The lowest BCUT2D eigenvalue weighted by atomic mass is 10.3. The van der Waals surface area contributed by atoms with Crippen LogP contribution in [0.5, 0.6) is 0 Å². The van der Waals surface area contributed by atoms with Crippen molar-refractivity contribution >= 4 is 22.6 Å². The Bertz CT molecular complexity index is 387. The predicted octanol–water partition coefficient (Wildman–Crippen LogP) is 0.716. The minimum absolute atomic E-state index is 0.111. The molecular formula is C9H12N4OS. The lowest BCUT2D eigenvalue weighted by molar-refractivity contribution is -0.119. The fourth-order valence-corrected chi connectivity index (χ4v) is 2.41. The SMILES string of the molecule is O=C1CC(Nc2nc(C3CC3)ns2)CN1. The van der Waals surface area contributed by atoms with Gasteiger partial charge in [0.1, 0.15) is 5.82 Å². The Morgan fingerprint density at radius 2 is 2.33 bits per heavy atom. The molecular weight excluding hydrogens is 212 g/mol. The zero-order chi connectivity index (χ0) is 10.3. The molecule has 0 bridgehead atoms. The summed E-state index contributed by atoms with van der Waals surface area (Å²) in [5, 5.41) is 6.87. The van der Waals surface area contributed by atoms with E-state index >= 15 is 0 Å². The third-order valence-electron chi connectivity index (χ3n) is 2.69. The van der Waals surface area contributed by atoms with Crippen molar-refractivity contribution in [3.8, 4) is 0 Å². The second kappa shape index (κ2) is 3.44. The first-order valence-electron chi connectivity index (χ1n) is 5.18. The Balaban J connectivity index is 1.63. The highest BCUT2D eigenvalue weighted by Crippen LogP contribution is 2.39. The smallest absolute Gasteiger partial charge is 0.222 e. The van der Waals surface area contributed by atoms with Crippen LogP contribution in [0.4, 0.5) is 5.13 Å². The fourth-order valence-electron chi connectivity index (χ4n) is 1.68. The molecule has 2 fully saturated rings. The van der Waals surface area contributed by atoms with Crippen molar-refractivity contribution in [2.75, 3.05) is 11.9 Å². The van der Waals surface area contributed by atoms with E-state index in [1.807, 2.05) is 0 Å². The van der Waals surface area contributed by atoms with Crippen molar-refractivity contribution in [3.63, 3.8) is 0 Å². The molecule has 1 atom stereocenters. The highest BCUT2D eigenvalue weighted by Gasteiger charge is 2.28. The van der Waals surface area contributed by atoms with Crippen molar-refractivity contribution in [1.29, 1.82) is 0 Å². The van der Waals surface area contributed by atoms with Gasteiger partial charge >= 0.3 is 0 Å². The van der Waals surface area contributed by atoms with Crippen molar-refractivity contribution in [1.82, 2.24) is 14.7 Å². The van der Waals surface area contributed by atoms with Crippen LogP contribution >= 0.6 is 11.5 Å². The van der Waals surface area contributed by atoms with Gasteiger partial charge in [0.25, 0.3) is 0 Å². The predicted molar refractivity (Wildman–Crippen MR) is 56.9 cm³/mol. The third kappa shape index (κ3) is 1.94. The molecule has 1 aliphatic heterocycles. The van der Waals surface area contributed by atoms with Gasteiger partial charge in [0.2, 0.25) is 11.0 Å². The molecule has 1 saturated heterocycles. The van der Waals surface area contributed by atoms with Crippen molar-refractivity contribution < 1.29 is 4.79 Å². The highest BCUT2D eigenvalue weighted by atomic mass is 32.1. The number of nitrogens with one attached hydrogen (secondary N) is 2. The average molecular weight is 224 g/mol. The number of rotatable bonds is 3. The van der Waals surface area contributed by atoms with Gasteiger partial charge in [-0.05, 0) is 12.8 Å². The molecule has 0 radical (unpaired) electrons. The maximum absolute atomic E-state index is 11.0.